The fourth-order valence-corrected chi connectivity index (χ4v) is 2.33. The lowest BCUT2D eigenvalue weighted by Crippen LogP contribution is -1.99. The lowest BCUT2D eigenvalue weighted by atomic mass is 10.4. The van der Waals surface area contributed by atoms with Crippen LogP contribution in [-0.2, 0) is 6.54 Å². The zero-order valence-corrected chi connectivity index (χ0v) is 10.2. The molecule has 3 heterocycles. The number of nitrogens with zero attached hydrogens (tertiary/aromatic N) is 3. The summed E-state index contributed by atoms with van der Waals surface area (Å²) >= 11 is 1.73. The molecule has 0 amide bonds. The number of thiophene rings is 1. The van der Waals surface area contributed by atoms with Gasteiger partial charge >= 0.3 is 0 Å². The van der Waals surface area contributed by atoms with E-state index in [1.165, 1.54) is 4.88 Å². The van der Waals surface area contributed by atoms with E-state index in [-0.39, 0.29) is 0 Å². The van der Waals surface area contributed by atoms with Gasteiger partial charge in [-0.2, -0.15) is 4.98 Å². The first-order valence-electron chi connectivity index (χ1n) is 5.41. The topological polar surface area (TPSA) is 42.2 Å². The second-order valence-corrected chi connectivity index (χ2v) is 4.84. The maximum absolute atomic E-state index is 4.42. The first-order valence-corrected chi connectivity index (χ1v) is 6.29. The summed E-state index contributed by atoms with van der Waals surface area (Å²) in [7, 11) is 0. The van der Waals surface area contributed by atoms with Crippen LogP contribution < -0.4 is 5.32 Å². The van der Waals surface area contributed by atoms with Crippen molar-refractivity contribution in [2.45, 2.75) is 13.5 Å². The van der Waals surface area contributed by atoms with Crippen LogP contribution in [0.15, 0.2) is 35.7 Å². The molecule has 0 unspecified atom stereocenters. The van der Waals surface area contributed by atoms with Crippen molar-refractivity contribution < 1.29 is 0 Å². The Labute approximate surface area is 103 Å². The van der Waals surface area contributed by atoms with E-state index >= 15 is 0 Å². The summed E-state index contributed by atoms with van der Waals surface area (Å²) in [6.07, 6.45) is 0. The maximum Gasteiger partial charge on any atom is 0.243 e. The van der Waals surface area contributed by atoms with Crippen molar-refractivity contribution in [2.24, 2.45) is 0 Å². The van der Waals surface area contributed by atoms with Crippen LogP contribution in [0.2, 0.25) is 0 Å². The van der Waals surface area contributed by atoms with Gasteiger partial charge in [0.2, 0.25) is 5.95 Å². The lowest BCUT2D eigenvalue weighted by molar-refractivity contribution is 0.910. The third-order valence-electron chi connectivity index (χ3n) is 2.55. The largest absolute Gasteiger partial charge is 0.348 e. The summed E-state index contributed by atoms with van der Waals surface area (Å²) < 4.78 is 1.84. The van der Waals surface area contributed by atoms with Gasteiger partial charge in [-0.3, -0.25) is 0 Å². The van der Waals surface area contributed by atoms with E-state index < -0.39 is 0 Å². The molecule has 4 nitrogen and oxygen atoms in total. The number of aromatic nitrogens is 3. The zero-order chi connectivity index (χ0) is 11.7. The fourth-order valence-electron chi connectivity index (χ4n) is 1.69. The third kappa shape index (κ3) is 2.01. The predicted molar refractivity (Wildman–Crippen MR) is 69.4 cm³/mol. The Kier molecular flexibility index (Phi) is 2.53. The van der Waals surface area contributed by atoms with E-state index in [1.54, 1.807) is 11.3 Å². The van der Waals surface area contributed by atoms with E-state index in [2.05, 4.69) is 26.8 Å². The van der Waals surface area contributed by atoms with Crippen LogP contribution in [0.25, 0.3) is 5.65 Å². The molecule has 0 aromatic carbocycles. The number of hydrogen-bond donors (Lipinski definition) is 1. The molecule has 3 rings (SSSR count). The second-order valence-electron chi connectivity index (χ2n) is 3.81. The van der Waals surface area contributed by atoms with E-state index in [0.717, 1.165) is 17.9 Å². The Hall–Kier alpha value is -1.88. The predicted octanol–water partition coefficient (Wildman–Crippen LogP) is 2.71. The molecule has 0 atom stereocenters. The highest BCUT2D eigenvalue weighted by Crippen LogP contribution is 2.12. The Bertz CT molecular complexity index is 627. The highest BCUT2D eigenvalue weighted by molar-refractivity contribution is 7.09. The normalized spacial score (nSPS) is 10.9. The molecule has 0 saturated heterocycles. The maximum atomic E-state index is 4.42. The number of anilines is 1. The van der Waals surface area contributed by atoms with E-state index in [1.807, 2.05) is 35.7 Å². The number of aryl methyl sites for hydroxylation is 1. The molecule has 17 heavy (non-hydrogen) atoms. The van der Waals surface area contributed by atoms with Gasteiger partial charge in [0.1, 0.15) is 0 Å². The van der Waals surface area contributed by atoms with Gasteiger partial charge in [0.25, 0.3) is 0 Å². The van der Waals surface area contributed by atoms with Gasteiger partial charge in [-0.05, 0) is 30.5 Å². The van der Waals surface area contributed by atoms with Crippen LogP contribution in [0.4, 0.5) is 5.95 Å². The summed E-state index contributed by atoms with van der Waals surface area (Å²) in [6, 6.07) is 10.1. The van der Waals surface area contributed by atoms with Crippen LogP contribution in [0.3, 0.4) is 0 Å². The second kappa shape index (κ2) is 4.18. The van der Waals surface area contributed by atoms with Crippen LogP contribution in [0, 0.1) is 6.92 Å². The molecule has 5 heteroatoms. The van der Waals surface area contributed by atoms with Gasteiger partial charge < -0.3 is 5.32 Å². The quantitative estimate of drug-likeness (QED) is 0.770. The standard InChI is InChI=1S/C12H12N4S/c1-9-4-2-6-11-14-12(15-16(9)11)13-8-10-5-3-7-17-10/h2-7H,8H2,1H3,(H,13,15). The molecule has 0 aliphatic heterocycles. The number of fused-ring (bicyclic) bond motifs is 1. The molecule has 3 aromatic rings. The van der Waals surface area contributed by atoms with Crippen molar-refractivity contribution in [1.82, 2.24) is 14.6 Å². The highest BCUT2D eigenvalue weighted by Gasteiger charge is 2.04. The smallest absolute Gasteiger partial charge is 0.243 e. The van der Waals surface area contributed by atoms with Crippen LogP contribution >= 0.6 is 11.3 Å². The van der Waals surface area contributed by atoms with E-state index in [0.29, 0.717) is 5.95 Å². The minimum absolute atomic E-state index is 0.674. The summed E-state index contributed by atoms with van der Waals surface area (Å²) in [5.41, 5.74) is 1.96. The number of nitrogens with one attached hydrogen (secondary N) is 1. The number of rotatable bonds is 3. The van der Waals surface area contributed by atoms with E-state index in [4.69, 9.17) is 0 Å². The fraction of sp³-hybridized carbons (Fsp3) is 0.167. The average molecular weight is 244 g/mol. The van der Waals surface area contributed by atoms with Crippen molar-refractivity contribution in [3.8, 4) is 0 Å². The molecule has 0 radical (unpaired) electrons. The zero-order valence-electron chi connectivity index (χ0n) is 9.42. The first-order chi connectivity index (χ1) is 8.33. The molecule has 1 N–H and O–H groups in total. The molecular weight excluding hydrogens is 232 g/mol. The lowest BCUT2D eigenvalue weighted by Gasteiger charge is -1.97. The van der Waals surface area contributed by atoms with Gasteiger partial charge in [0.15, 0.2) is 5.65 Å². The van der Waals surface area contributed by atoms with Crippen LogP contribution in [0.1, 0.15) is 10.6 Å². The van der Waals surface area contributed by atoms with Crippen LogP contribution in [0.5, 0.6) is 0 Å². The van der Waals surface area contributed by atoms with Crippen molar-refractivity contribution in [3.05, 3.63) is 46.3 Å². The Morgan fingerprint density at radius 1 is 1.29 bits per heavy atom. The molecule has 0 spiro atoms. The molecular formula is C12H12N4S. The molecule has 0 fully saturated rings. The van der Waals surface area contributed by atoms with Gasteiger partial charge in [0.05, 0.1) is 6.54 Å². The third-order valence-corrected chi connectivity index (χ3v) is 3.43. The molecule has 0 aliphatic carbocycles. The molecule has 3 aromatic heterocycles. The monoisotopic (exact) mass is 244 g/mol. The summed E-state index contributed by atoms with van der Waals surface area (Å²) in [4.78, 5) is 5.70. The minimum atomic E-state index is 0.674. The summed E-state index contributed by atoms with van der Waals surface area (Å²) in [5.74, 6) is 0.674. The SMILES string of the molecule is Cc1cccc2nc(NCc3cccs3)nn12. The van der Waals surface area contributed by atoms with Gasteiger partial charge in [0, 0.05) is 10.6 Å². The molecule has 0 saturated carbocycles. The average Bonchev–Trinajstić information content (AvgIpc) is 2.95. The minimum Gasteiger partial charge on any atom is -0.348 e. The van der Waals surface area contributed by atoms with Crippen molar-refractivity contribution in [2.75, 3.05) is 5.32 Å². The molecule has 0 aliphatic rings. The number of pyridine rings is 1. The van der Waals surface area contributed by atoms with Gasteiger partial charge in [-0.15, -0.1) is 16.4 Å². The summed E-state index contributed by atoms with van der Waals surface area (Å²) in [6.45, 7) is 2.79. The highest BCUT2D eigenvalue weighted by atomic mass is 32.1. The summed E-state index contributed by atoms with van der Waals surface area (Å²) in [5, 5.41) is 9.71. The van der Waals surface area contributed by atoms with Crippen molar-refractivity contribution in [1.29, 1.82) is 0 Å². The van der Waals surface area contributed by atoms with Crippen molar-refractivity contribution in [3.63, 3.8) is 0 Å². The van der Waals surface area contributed by atoms with E-state index in [9.17, 15) is 0 Å². The van der Waals surface area contributed by atoms with Crippen molar-refractivity contribution >= 4 is 22.9 Å². The van der Waals surface area contributed by atoms with Gasteiger partial charge in [-0.1, -0.05) is 12.1 Å². The Morgan fingerprint density at radius 3 is 3.00 bits per heavy atom. The molecule has 0 bridgehead atoms. The van der Waals surface area contributed by atoms with Gasteiger partial charge in [-0.25, -0.2) is 4.52 Å². The first kappa shape index (κ1) is 10.3. The Balaban J connectivity index is 1.84. The Morgan fingerprint density at radius 2 is 2.24 bits per heavy atom. The van der Waals surface area contributed by atoms with Crippen LogP contribution in [-0.4, -0.2) is 14.6 Å². The molecule has 86 valence electrons. The number of hydrogen-bond acceptors (Lipinski definition) is 4.